The van der Waals surface area contributed by atoms with E-state index in [9.17, 15) is 9.59 Å². The number of nitrogens with two attached hydrogens (primary N) is 1. The van der Waals surface area contributed by atoms with E-state index in [-0.39, 0.29) is 5.91 Å². The summed E-state index contributed by atoms with van der Waals surface area (Å²) in [4.78, 5) is 22.2. The van der Waals surface area contributed by atoms with Crippen LogP contribution in [-0.2, 0) is 9.59 Å². The molecule has 1 amide bonds. The first-order valence-electron chi connectivity index (χ1n) is 5.76. The SMILES string of the molecule is CCCCCCC(=O)N[C@H](C(=O)O)[C@@H](C)N. The molecular weight excluding hydrogens is 208 g/mol. The summed E-state index contributed by atoms with van der Waals surface area (Å²) < 4.78 is 0. The summed E-state index contributed by atoms with van der Waals surface area (Å²) in [6.07, 6.45) is 4.38. The molecule has 16 heavy (non-hydrogen) atoms. The number of hydrogen-bond acceptors (Lipinski definition) is 3. The summed E-state index contributed by atoms with van der Waals surface area (Å²) in [5.41, 5.74) is 5.47. The monoisotopic (exact) mass is 230 g/mol. The molecule has 0 rings (SSSR count). The van der Waals surface area contributed by atoms with Crippen molar-refractivity contribution in [3.05, 3.63) is 0 Å². The molecule has 0 aromatic heterocycles. The molecule has 0 saturated heterocycles. The fraction of sp³-hybridized carbons (Fsp3) is 0.818. The predicted molar refractivity (Wildman–Crippen MR) is 62.0 cm³/mol. The third kappa shape index (κ3) is 6.40. The number of carbonyl (C=O) groups is 2. The van der Waals surface area contributed by atoms with Crippen LogP contribution in [-0.4, -0.2) is 29.1 Å². The highest BCUT2D eigenvalue weighted by molar-refractivity contribution is 5.83. The number of nitrogens with one attached hydrogen (secondary N) is 1. The van der Waals surface area contributed by atoms with Crippen molar-refractivity contribution in [2.75, 3.05) is 0 Å². The lowest BCUT2D eigenvalue weighted by molar-refractivity contribution is -0.142. The predicted octanol–water partition coefficient (Wildman–Crippen LogP) is 0.873. The van der Waals surface area contributed by atoms with E-state index in [1.807, 2.05) is 0 Å². The normalized spacial score (nSPS) is 14.2. The average Bonchev–Trinajstić information content (AvgIpc) is 2.20. The average molecular weight is 230 g/mol. The van der Waals surface area contributed by atoms with Gasteiger partial charge in [-0.15, -0.1) is 0 Å². The molecule has 0 aromatic rings. The van der Waals surface area contributed by atoms with Crippen molar-refractivity contribution in [1.29, 1.82) is 0 Å². The van der Waals surface area contributed by atoms with Gasteiger partial charge in [-0.2, -0.15) is 0 Å². The number of carboxylic acid groups (broad SMARTS) is 1. The molecule has 0 fully saturated rings. The van der Waals surface area contributed by atoms with Crippen molar-refractivity contribution in [1.82, 2.24) is 5.32 Å². The summed E-state index contributed by atoms with van der Waals surface area (Å²) >= 11 is 0. The number of aliphatic carboxylic acids is 1. The minimum absolute atomic E-state index is 0.235. The first-order chi connectivity index (χ1) is 7.49. The minimum Gasteiger partial charge on any atom is -0.480 e. The molecule has 0 aliphatic heterocycles. The lowest BCUT2D eigenvalue weighted by Gasteiger charge is -2.17. The van der Waals surface area contributed by atoms with Gasteiger partial charge in [0, 0.05) is 12.5 Å². The third-order valence-corrected chi connectivity index (χ3v) is 2.37. The molecule has 0 radical (unpaired) electrons. The van der Waals surface area contributed by atoms with Gasteiger partial charge < -0.3 is 16.2 Å². The number of hydrogen-bond donors (Lipinski definition) is 3. The lowest BCUT2D eigenvalue weighted by atomic mass is 10.1. The number of amides is 1. The Hall–Kier alpha value is -1.10. The first kappa shape index (κ1) is 14.9. The van der Waals surface area contributed by atoms with Gasteiger partial charge in [-0.05, 0) is 13.3 Å². The van der Waals surface area contributed by atoms with Crippen LogP contribution in [0.1, 0.15) is 46.0 Å². The second-order valence-corrected chi connectivity index (χ2v) is 4.05. The maximum absolute atomic E-state index is 11.4. The van der Waals surface area contributed by atoms with Gasteiger partial charge in [-0.25, -0.2) is 4.79 Å². The van der Waals surface area contributed by atoms with Gasteiger partial charge in [0.05, 0.1) is 0 Å². The van der Waals surface area contributed by atoms with Crippen molar-refractivity contribution in [3.8, 4) is 0 Å². The number of unbranched alkanes of at least 4 members (excludes halogenated alkanes) is 3. The van der Waals surface area contributed by atoms with Crippen molar-refractivity contribution < 1.29 is 14.7 Å². The zero-order chi connectivity index (χ0) is 12.6. The Kier molecular flexibility index (Phi) is 7.54. The maximum atomic E-state index is 11.4. The summed E-state index contributed by atoms with van der Waals surface area (Å²) in [5.74, 6) is -1.32. The molecule has 0 spiro atoms. The van der Waals surface area contributed by atoms with E-state index >= 15 is 0 Å². The highest BCUT2D eigenvalue weighted by Gasteiger charge is 2.23. The van der Waals surface area contributed by atoms with Crippen molar-refractivity contribution in [3.63, 3.8) is 0 Å². The Balaban J connectivity index is 3.87. The molecule has 94 valence electrons. The molecule has 0 bridgehead atoms. The Bertz CT molecular complexity index is 229. The zero-order valence-corrected chi connectivity index (χ0v) is 10.0. The Morgan fingerprint density at radius 1 is 1.31 bits per heavy atom. The Morgan fingerprint density at radius 3 is 2.38 bits per heavy atom. The molecule has 0 heterocycles. The number of carboxylic acids is 1. The summed E-state index contributed by atoms with van der Waals surface area (Å²) in [5, 5.41) is 11.2. The summed E-state index contributed by atoms with van der Waals surface area (Å²) in [7, 11) is 0. The number of rotatable bonds is 8. The van der Waals surface area contributed by atoms with Crippen LogP contribution in [0.5, 0.6) is 0 Å². The molecule has 0 aliphatic rings. The summed E-state index contributed by atoms with van der Waals surface area (Å²) in [6, 6.07) is -1.57. The van der Waals surface area contributed by atoms with Gasteiger partial charge in [0.15, 0.2) is 0 Å². The summed E-state index contributed by atoms with van der Waals surface area (Å²) in [6.45, 7) is 3.66. The van der Waals surface area contributed by atoms with Crippen LogP contribution < -0.4 is 11.1 Å². The van der Waals surface area contributed by atoms with Crippen LogP contribution in [0.2, 0.25) is 0 Å². The molecule has 2 atom stereocenters. The van der Waals surface area contributed by atoms with E-state index in [0.29, 0.717) is 6.42 Å². The lowest BCUT2D eigenvalue weighted by Crippen LogP contribution is -2.51. The van der Waals surface area contributed by atoms with Crippen LogP contribution in [0.25, 0.3) is 0 Å². The molecule has 0 unspecified atom stereocenters. The molecule has 5 heteroatoms. The van der Waals surface area contributed by atoms with Gasteiger partial charge in [0.2, 0.25) is 5.91 Å². The van der Waals surface area contributed by atoms with Crippen LogP contribution >= 0.6 is 0 Å². The fourth-order valence-corrected chi connectivity index (χ4v) is 1.38. The van der Waals surface area contributed by atoms with Gasteiger partial charge in [-0.3, -0.25) is 4.79 Å². The van der Waals surface area contributed by atoms with Crippen molar-refractivity contribution in [2.24, 2.45) is 5.73 Å². The van der Waals surface area contributed by atoms with E-state index in [4.69, 9.17) is 10.8 Å². The smallest absolute Gasteiger partial charge is 0.327 e. The highest BCUT2D eigenvalue weighted by atomic mass is 16.4. The van der Waals surface area contributed by atoms with Crippen LogP contribution in [0.4, 0.5) is 0 Å². The third-order valence-electron chi connectivity index (χ3n) is 2.37. The number of carbonyl (C=O) groups excluding carboxylic acids is 1. The molecule has 0 aliphatic carbocycles. The quantitative estimate of drug-likeness (QED) is 0.539. The Labute approximate surface area is 96.4 Å². The zero-order valence-electron chi connectivity index (χ0n) is 10.0. The van der Waals surface area contributed by atoms with Gasteiger partial charge in [-0.1, -0.05) is 26.2 Å². The minimum atomic E-state index is -1.09. The second-order valence-electron chi connectivity index (χ2n) is 4.05. The van der Waals surface area contributed by atoms with Crippen LogP contribution in [0, 0.1) is 0 Å². The van der Waals surface area contributed by atoms with Gasteiger partial charge in [0.1, 0.15) is 6.04 Å². The molecular formula is C11H22N2O3. The largest absolute Gasteiger partial charge is 0.480 e. The van der Waals surface area contributed by atoms with E-state index in [2.05, 4.69) is 12.2 Å². The van der Waals surface area contributed by atoms with E-state index in [1.165, 1.54) is 0 Å². The van der Waals surface area contributed by atoms with Crippen LogP contribution in [0.3, 0.4) is 0 Å². The van der Waals surface area contributed by atoms with E-state index in [1.54, 1.807) is 6.92 Å². The topological polar surface area (TPSA) is 92.4 Å². The van der Waals surface area contributed by atoms with E-state index in [0.717, 1.165) is 25.7 Å². The standard InChI is InChI=1S/C11H22N2O3/c1-3-4-5-6-7-9(14)13-10(8(2)12)11(15)16/h8,10H,3-7,12H2,1-2H3,(H,13,14)(H,15,16)/t8-,10+/m1/s1. The van der Waals surface area contributed by atoms with E-state index < -0.39 is 18.1 Å². The van der Waals surface area contributed by atoms with Crippen molar-refractivity contribution >= 4 is 11.9 Å². The van der Waals surface area contributed by atoms with Gasteiger partial charge in [0.25, 0.3) is 0 Å². The van der Waals surface area contributed by atoms with Crippen LogP contribution in [0.15, 0.2) is 0 Å². The molecule has 0 saturated carbocycles. The molecule has 5 nitrogen and oxygen atoms in total. The van der Waals surface area contributed by atoms with Crippen molar-refractivity contribution in [2.45, 2.75) is 58.0 Å². The Morgan fingerprint density at radius 2 is 1.94 bits per heavy atom. The molecule has 0 aromatic carbocycles. The fourth-order valence-electron chi connectivity index (χ4n) is 1.38. The highest BCUT2D eigenvalue weighted by Crippen LogP contribution is 2.02. The first-order valence-corrected chi connectivity index (χ1v) is 5.76. The second kappa shape index (κ2) is 8.10. The van der Waals surface area contributed by atoms with Gasteiger partial charge >= 0.3 is 5.97 Å². The maximum Gasteiger partial charge on any atom is 0.327 e. The molecule has 4 N–H and O–H groups in total.